The number of halogens is 1. The molecule has 0 saturated heterocycles. The standard InChI is InChI=1S/C23H23FN4O5/c1-4-26-22(29)15(12-25)23(30)28-13-5-6-19(16(24)9-13)33-18-7-8-27-17-11-21(32-3)20(31-2)10-14(17)18/h5-12H,4,25H2,1-3H3,(H,26,29)(H,28,30)/b15-12+. The van der Waals surface area contributed by atoms with Gasteiger partial charge < -0.3 is 30.6 Å². The zero-order valence-corrected chi connectivity index (χ0v) is 18.3. The van der Waals surface area contributed by atoms with Crippen molar-refractivity contribution in [2.45, 2.75) is 6.92 Å². The number of pyridine rings is 1. The van der Waals surface area contributed by atoms with Gasteiger partial charge >= 0.3 is 0 Å². The highest BCUT2D eigenvalue weighted by molar-refractivity contribution is 6.22. The molecule has 1 aromatic heterocycles. The van der Waals surface area contributed by atoms with Crippen molar-refractivity contribution in [2.24, 2.45) is 5.73 Å². The maximum absolute atomic E-state index is 14.8. The van der Waals surface area contributed by atoms with Gasteiger partial charge in [0, 0.05) is 42.1 Å². The van der Waals surface area contributed by atoms with Gasteiger partial charge in [-0.1, -0.05) is 0 Å². The lowest BCUT2D eigenvalue weighted by Crippen LogP contribution is -2.31. The molecule has 172 valence electrons. The summed E-state index contributed by atoms with van der Waals surface area (Å²) in [5.74, 6) is -0.881. The molecular formula is C23H23FN4O5. The van der Waals surface area contributed by atoms with Crippen LogP contribution in [0.2, 0.25) is 0 Å². The highest BCUT2D eigenvalue weighted by Gasteiger charge is 2.18. The van der Waals surface area contributed by atoms with Crippen LogP contribution >= 0.6 is 0 Å². The number of aromatic nitrogens is 1. The number of hydrogen-bond acceptors (Lipinski definition) is 7. The summed E-state index contributed by atoms with van der Waals surface area (Å²) in [6.45, 7) is 2.03. The number of nitrogens with two attached hydrogens (primary N) is 1. The second kappa shape index (κ2) is 10.3. The van der Waals surface area contributed by atoms with Crippen molar-refractivity contribution in [3.05, 3.63) is 60.2 Å². The minimum atomic E-state index is -0.766. The predicted molar refractivity (Wildman–Crippen MR) is 121 cm³/mol. The number of carbonyl (C=O) groups is 2. The molecule has 0 saturated carbocycles. The van der Waals surface area contributed by atoms with E-state index in [9.17, 15) is 14.0 Å². The van der Waals surface area contributed by atoms with Crippen molar-refractivity contribution < 1.29 is 28.2 Å². The number of hydrogen-bond donors (Lipinski definition) is 3. The minimum Gasteiger partial charge on any atom is -0.493 e. The Kier molecular flexibility index (Phi) is 7.29. The summed E-state index contributed by atoms with van der Waals surface area (Å²) in [6, 6.07) is 8.84. The Bertz CT molecular complexity index is 1230. The summed E-state index contributed by atoms with van der Waals surface area (Å²) >= 11 is 0. The molecular weight excluding hydrogens is 431 g/mol. The zero-order valence-electron chi connectivity index (χ0n) is 18.3. The second-order valence-corrected chi connectivity index (χ2v) is 6.67. The van der Waals surface area contributed by atoms with Gasteiger partial charge in [-0.2, -0.15) is 0 Å². The molecule has 0 fully saturated rings. The van der Waals surface area contributed by atoms with Gasteiger partial charge in [-0.15, -0.1) is 0 Å². The lowest BCUT2D eigenvalue weighted by molar-refractivity contribution is -0.121. The van der Waals surface area contributed by atoms with Crippen molar-refractivity contribution in [2.75, 3.05) is 26.1 Å². The van der Waals surface area contributed by atoms with Crippen molar-refractivity contribution in [3.8, 4) is 23.0 Å². The Balaban J connectivity index is 1.84. The van der Waals surface area contributed by atoms with Crippen LogP contribution in [0.1, 0.15) is 6.92 Å². The molecule has 0 aliphatic heterocycles. The van der Waals surface area contributed by atoms with Crippen molar-refractivity contribution >= 4 is 28.4 Å². The van der Waals surface area contributed by atoms with Crippen molar-refractivity contribution in [1.29, 1.82) is 0 Å². The number of carbonyl (C=O) groups excluding carboxylic acids is 2. The number of anilines is 1. The molecule has 9 nitrogen and oxygen atoms in total. The number of nitrogens with one attached hydrogen (secondary N) is 2. The van der Waals surface area contributed by atoms with Crippen LogP contribution in [0.3, 0.4) is 0 Å². The van der Waals surface area contributed by atoms with E-state index in [1.165, 1.54) is 32.5 Å². The van der Waals surface area contributed by atoms with Crippen molar-refractivity contribution in [3.63, 3.8) is 0 Å². The van der Waals surface area contributed by atoms with Gasteiger partial charge in [0.15, 0.2) is 23.1 Å². The Morgan fingerprint density at radius 1 is 1.03 bits per heavy atom. The van der Waals surface area contributed by atoms with Crippen LogP contribution in [-0.2, 0) is 9.59 Å². The molecule has 0 unspecified atom stereocenters. The summed E-state index contributed by atoms with van der Waals surface area (Å²) < 4.78 is 31.1. The third-order valence-corrected chi connectivity index (χ3v) is 4.61. The number of rotatable bonds is 8. The first kappa shape index (κ1) is 23.3. The van der Waals surface area contributed by atoms with Crippen LogP contribution in [0.25, 0.3) is 10.9 Å². The van der Waals surface area contributed by atoms with Gasteiger partial charge in [-0.05, 0) is 31.2 Å². The molecule has 4 N–H and O–H groups in total. The Morgan fingerprint density at radius 2 is 1.76 bits per heavy atom. The average Bonchev–Trinajstić information content (AvgIpc) is 2.80. The van der Waals surface area contributed by atoms with E-state index in [0.29, 0.717) is 34.7 Å². The van der Waals surface area contributed by atoms with E-state index in [0.717, 1.165) is 12.3 Å². The van der Waals surface area contributed by atoms with Crippen LogP contribution in [0.15, 0.2) is 54.4 Å². The quantitative estimate of drug-likeness (QED) is 0.271. The summed E-state index contributed by atoms with van der Waals surface area (Å²) in [4.78, 5) is 28.5. The molecule has 1 heterocycles. The average molecular weight is 454 g/mol. The number of fused-ring (bicyclic) bond motifs is 1. The topological polar surface area (TPSA) is 125 Å². The van der Waals surface area contributed by atoms with Gasteiger partial charge in [-0.3, -0.25) is 14.6 Å². The summed E-state index contributed by atoms with van der Waals surface area (Å²) in [6.07, 6.45) is 2.42. The summed E-state index contributed by atoms with van der Waals surface area (Å²) in [7, 11) is 3.02. The molecule has 0 radical (unpaired) electrons. The molecule has 2 amide bonds. The fourth-order valence-electron chi connectivity index (χ4n) is 3.02. The first-order valence-corrected chi connectivity index (χ1v) is 9.91. The molecule has 10 heteroatoms. The number of methoxy groups -OCH3 is 2. The van der Waals surface area contributed by atoms with Gasteiger partial charge in [-0.25, -0.2) is 4.39 Å². The fourth-order valence-corrected chi connectivity index (χ4v) is 3.02. The number of nitrogens with zero attached hydrogens (tertiary/aromatic N) is 1. The third-order valence-electron chi connectivity index (χ3n) is 4.61. The minimum absolute atomic E-state index is 0.0754. The van der Waals surface area contributed by atoms with Gasteiger partial charge in [0.2, 0.25) is 0 Å². The van der Waals surface area contributed by atoms with E-state index in [4.69, 9.17) is 19.9 Å². The number of amides is 2. The van der Waals surface area contributed by atoms with E-state index in [1.54, 1.807) is 25.1 Å². The number of benzene rings is 2. The predicted octanol–water partition coefficient (Wildman–Crippen LogP) is 3.10. The molecule has 0 aliphatic rings. The maximum atomic E-state index is 14.8. The zero-order chi connectivity index (χ0) is 24.0. The molecule has 3 rings (SSSR count). The molecule has 0 bridgehead atoms. The van der Waals surface area contributed by atoms with E-state index in [1.807, 2.05) is 0 Å². The Labute approximate surface area is 189 Å². The smallest absolute Gasteiger partial charge is 0.262 e. The largest absolute Gasteiger partial charge is 0.493 e. The Morgan fingerprint density at radius 3 is 2.39 bits per heavy atom. The normalized spacial score (nSPS) is 11.1. The van der Waals surface area contributed by atoms with Crippen LogP contribution < -0.4 is 30.6 Å². The highest BCUT2D eigenvalue weighted by Crippen LogP contribution is 2.37. The summed E-state index contributed by atoms with van der Waals surface area (Å²) in [5.41, 5.74) is 5.79. The van der Waals surface area contributed by atoms with Gasteiger partial charge in [0.25, 0.3) is 11.8 Å². The second-order valence-electron chi connectivity index (χ2n) is 6.67. The van der Waals surface area contributed by atoms with Gasteiger partial charge in [0.05, 0.1) is 19.7 Å². The van der Waals surface area contributed by atoms with E-state index < -0.39 is 17.6 Å². The number of likely N-dealkylation sites (N-methyl/N-ethyl adjacent to an activating group) is 1. The van der Waals surface area contributed by atoms with E-state index in [2.05, 4.69) is 15.6 Å². The lowest BCUT2D eigenvalue weighted by atomic mass is 10.1. The van der Waals surface area contributed by atoms with Crippen molar-refractivity contribution in [1.82, 2.24) is 10.3 Å². The van der Waals surface area contributed by atoms with Gasteiger partial charge in [0.1, 0.15) is 11.3 Å². The third kappa shape index (κ3) is 5.12. The summed E-state index contributed by atoms with van der Waals surface area (Å²) in [5, 5.41) is 5.50. The van der Waals surface area contributed by atoms with Crippen LogP contribution in [0.5, 0.6) is 23.0 Å². The highest BCUT2D eigenvalue weighted by atomic mass is 19.1. The molecule has 0 spiro atoms. The number of ether oxygens (including phenoxy) is 3. The first-order valence-electron chi connectivity index (χ1n) is 9.91. The molecule has 33 heavy (non-hydrogen) atoms. The van der Waals surface area contributed by atoms with Crippen LogP contribution in [0, 0.1) is 5.82 Å². The fraction of sp³-hybridized carbons (Fsp3) is 0.174. The lowest BCUT2D eigenvalue weighted by Gasteiger charge is -2.13. The van der Waals surface area contributed by atoms with E-state index in [-0.39, 0.29) is 17.0 Å². The molecule has 0 atom stereocenters. The van der Waals surface area contributed by atoms with E-state index >= 15 is 0 Å². The molecule has 0 aliphatic carbocycles. The monoisotopic (exact) mass is 454 g/mol. The first-order chi connectivity index (χ1) is 15.9. The maximum Gasteiger partial charge on any atom is 0.262 e. The molecule has 2 aromatic carbocycles. The Hall–Kier alpha value is -4.34. The molecule has 3 aromatic rings. The SMILES string of the molecule is CCNC(=O)/C(=C\N)C(=O)Nc1ccc(Oc2ccnc3cc(OC)c(OC)cc23)c(F)c1. The van der Waals surface area contributed by atoms with Crippen LogP contribution in [-0.4, -0.2) is 37.6 Å². The van der Waals surface area contributed by atoms with Crippen LogP contribution in [0.4, 0.5) is 10.1 Å².